The lowest BCUT2D eigenvalue weighted by molar-refractivity contribution is -0.148. The van der Waals surface area contributed by atoms with Gasteiger partial charge in [0.25, 0.3) is 0 Å². The highest BCUT2D eigenvalue weighted by atomic mass is 16.5. The van der Waals surface area contributed by atoms with Gasteiger partial charge in [0, 0.05) is 11.6 Å². The molecule has 0 saturated carbocycles. The van der Waals surface area contributed by atoms with Crippen LogP contribution in [0.4, 0.5) is 0 Å². The van der Waals surface area contributed by atoms with Gasteiger partial charge in [-0.3, -0.25) is 14.4 Å². The van der Waals surface area contributed by atoms with Gasteiger partial charge in [0.1, 0.15) is 11.5 Å². The predicted molar refractivity (Wildman–Crippen MR) is 129 cm³/mol. The number of carboxylic acids is 2. The van der Waals surface area contributed by atoms with Gasteiger partial charge in [-0.1, -0.05) is 30.3 Å². The van der Waals surface area contributed by atoms with Gasteiger partial charge in [-0.15, -0.1) is 0 Å². The van der Waals surface area contributed by atoms with Crippen LogP contribution >= 0.6 is 0 Å². The largest absolute Gasteiger partial charge is 0.493 e. The summed E-state index contributed by atoms with van der Waals surface area (Å²) in [6.07, 6.45) is 1.97. The molecule has 2 aromatic rings. The molecule has 0 spiro atoms. The molecule has 0 fully saturated rings. The van der Waals surface area contributed by atoms with Crippen molar-refractivity contribution in [1.29, 1.82) is 0 Å². The van der Waals surface area contributed by atoms with E-state index in [1.807, 2.05) is 6.07 Å². The van der Waals surface area contributed by atoms with Crippen molar-refractivity contribution >= 4 is 17.7 Å². The predicted octanol–water partition coefficient (Wildman–Crippen LogP) is 5.46. The van der Waals surface area contributed by atoms with Crippen molar-refractivity contribution in [3.63, 3.8) is 0 Å². The molecule has 0 aliphatic rings. The van der Waals surface area contributed by atoms with Gasteiger partial charge in [0.2, 0.25) is 0 Å². The maximum absolute atomic E-state index is 13.0. The molecular weight excluding hydrogens is 436 g/mol. The first-order chi connectivity index (χ1) is 15.9. The van der Waals surface area contributed by atoms with Crippen LogP contribution in [0.15, 0.2) is 48.5 Å². The third kappa shape index (κ3) is 7.61. The maximum Gasteiger partial charge on any atom is 0.309 e. The number of rotatable bonds is 14. The number of ketones is 1. The second-order valence-electron chi connectivity index (χ2n) is 9.64. The SMILES string of the molecule is CC(C)(CCCOc1ccc(C(=O)c2ccccc2)c(OCCCC(C)(C)C(=O)O)c1)C(=O)O. The molecule has 2 rings (SSSR count). The zero-order chi connectivity index (χ0) is 25.4. The average Bonchev–Trinajstić information content (AvgIpc) is 2.79. The van der Waals surface area contributed by atoms with E-state index in [4.69, 9.17) is 9.47 Å². The maximum atomic E-state index is 13.0. The lowest BCUT2D eigenvalue weighted by atomic mass is 9.88. The molecule has 0 aliphatic heterocycles. The van der Waals surface area contributed by atoms with E-state index in [1.165, 1.54) is 0 Å². The lowest BCUT2D eigenvalue weighted by Gasteiger charge is -2.20. The minimum atomic E-state index is -0.867. The molecule has 0 saturated heterocycles. The van der Waals surface area contributed by atoms with Crippen molar-refractivity contribution in [2.24, 2.45) is 10.8 Å². The van der Waals surface area contributed by atoms with Crippen molar-refractivity contribution in [3.05, 3.63) is 59.7 Å². The minimum absolute atomic E-state index is 0.184. The number of hydrogen-bond donors (Lipinski definition) is 2. The van der Waals surface area contributed by atoms with E-state index in [0.717, 1.165) is 0 Å². The monoisotopic (exact) mass is 470 g/mol. The van der Waals surface area contributed by atoms with Gasteiger partial charge in [-0.25, -0.2) is 0 Å². The molecule has 2 aromatic carbocycles. The van der Waals surface area contributed by atoms with Crippen LogP contribution < -0.4 is 9.47 Å². The van der Waals surface area contributed by atoms with E-state index in [-0.39, 0.29) is 12.4 Å². The Hall–Kier alpha value is -3.35. The van der Waals surface area contributed by atoms with Crippen LogP contribution in [0.1, 0.15) is 69.3 Å². The summed E-state index contributed by atoms with van der Waals surface area (Å²) < 4.78 is 11.7. The highest BCUT2D eigenvalue weighted by Crippen LogP contribution is 2.29. The smallest absolute Gasteiger partial charge is 0.309 e. The topological polar surface area (TPSA) is 110 Å². The zero-order valence-corrected chi connectivity index (χ0v) is 20.3. The summed E-state index contributed by atoms with van der Waals surface area (Å²) >= 11 is 0. The molecule has 0 unspecified atom stereocenters. The van der Waals surface area contributed by atoms with E-state index in [2.05, 4.69) is 0 Å². The number of aliphatic carboxylic acids is 2. The minimum Gasteiger partial charge on any atom is -0.493 e. The Kier molecular flexibility index (Phi) is 9.24. The molecule has 184 valence electrons. The summed E-state index contributed by atoms with van der Waals surface area (Å²) in [7, 11) is 0. The molecule has 0 radical (unpaired) electrons. The van der Waals surface area contributed by atoms with Crippen molar-refractivity contribution in [1.82, 2.24) is 0 Å². The molecule has 0 heterocycles. The number of carboxylic acid groups (broad SMARTS) is 2. The van der Waals surface area contributed by atoms with Crippen LogP contribution in [0.5, 0.6) is 11.5 Å². The third-order valence-corrected chi connectivity index (χ3v) is 5.81. The third-order valence-electron chi connectivity index (χ3n) is 5.81. The second kappa shape index (κ2) is 11.7. The number of carbonyl (C=O) groups excluding carboxylic acids is 1. The molecule has 0 amide bonds. The first-order valence-corrected chi connectivity index (χ1v) is 11.4. The summed E-state index contributed by atoms with van der Waals surface area (Å²) in [4.78, 5) is 35.6. The fourth-order valence-electron chi connectivity index (χ4n) is 3.26. The second-order valence-corrected chi connectivity index (χ2v) is 9.64. The van der Waals surface area contributed by atoms with Gasteiger partial charge in [-0.05, 0) is 65.5 Å². The summed E-state index contributed by atoms with van der Waals surface area (Å²) in [5.74, 6) is -1.02. The van der Waals surface area contributed by atoms with Crippen LogP contribution in [0.25, 0.3) is 0 Å². The van der Waals surface area contributed by atoms with Crippen LogP contribution in [0, 0.1) is 10.8 Å². The van der Waals surface area contributed by atoms with Crippen molar-refractivity contribution < 1.29 is 34.1 Å². The summed E-state index contributed by atoms with van der Waals surface area (Å²) in [6.45, 7) is 7.27. The van der Waals surface area contributed by atoms with Gasteiger partial charge in [0.15, 0.2) is 5.78 Å². The lowest BCUT2D eigenvalue weighted by Crippen LogP contribution is -2.24. The number of ether oxygens (including phenoxy) is 2. The normalized spacial score (nSPS) is 11.6. The Labute approximate surface area is 200 Å². The molecule has 2 N–H and O–H groups in total. The summed E-state index contributed by atoms with van der Waals surface area (Å²) in [5, 5.41) is 18.5. The van der Waals surface area contributed by atoms with Crippen molar-refractivity contribution in [2.75, 3.05) is 13.2 Å². The Balaban J connectivity index is 2.11. The zero-order valence-electron chi connectivity index (χ0n) is 20.3. The van der Waals surface area contributed by atoms with Crippen LogP contribution in [0.3, 0.4) is 0 Å². The van der Waals surface area contributed by atoms with Crippen molar-refractivity contribution in [2.45, 2.75) is 53.4 Å². The molecule has 0 bridgehead atoms. The highest BCUT2D eigenvalue weighted by Gasteiger charge is 2.27. The molecule has 7 nitrogen and oxygen atoms in total. The van der Waals surface area contributed by atoms with E-state index >= 15 is 0 Å². The Morgan fingerprint density at radius 1 is 0.765 bits per heavy atom. The molecule has 34 heavy (non-hydrogen) atoms. The Bertz CT molecular complexity index is 993. The molecular formula is C27H34O7. The van der Waals surface area contributed by atoms with Gasteiger partial charge in [-0.2, -0.15) is 0 Å². The Morgan fingerprint density at radius 2 is 1.29 bits per heavy atom. The van der Waals surface area contributed by atoms with Gasteiger partial charge in [0.05, 0.1) is 29.6 Å². The average molecular weight is 471 g/mol. The molecule has 0 aromatic heterocycles. The molecule has 0 aliphatic carbocycles. The van der Waals surface area contributed by atoms with E-state index < -0.39 is 22.8 Å². The van der Waals surface area contributed by atoms with E-state index in [9.17, 15) is 24.6 Å². The standard InChI is InChI=1S/C27H34O7/c1-26(2,24(29)30)14-8-16-33-20-12-13-21(23(28)19-10-6-5-7-11-19)22(18-20)34-17-9-15-27(3,4)25(31)32/h5-7,10-13,18H,8-9,14-17H2,1-4H3,(H,29,30)(H,31,32). The van der Waals surface area contributed by atoms with E-state index in [0.29, 0.717) is 54.9 Å². The quantitative estimate of drug-likeness (QED) is 0.279. The fraction of sp³-hybridized carbons (Fsp3) is 0.444. The highest BCUT2D eigenvalue weighted by molar-refractivity contribution is 6.10. The van der Waals surface area contributed by atoms with Gasteiger partial charge < -0.3 is 19.7 Å². The first-order valence-electron chi connectivity index (χ1n) is 11.4. The molecule has 0 atom stereocenters. The van der Waals surface area contributed by atoms with Crippen LogP contribution in [-0.2, 0) is 9.59 Å². The van der Waals surface area contributed by atoms with Crippen LogP contribution in [0.2, 0.25) is 0 Å². The number of hydrogen-bond acceptors (Lipinski definition) is 5. The summed E-state index contributed by atoms with van der Waals surface area (Å²) in [5.41, 5.74) is -0.763. The van der Waals surface area contributed by atoms with Crippen molar-refractivity contribution in [3.8, 4) is 11.5 Å². The fourth-order valence-corrected chi connectivity index (χ4v) is 3.26. The Morgan fingerprint density at radius 3 is 1.82 bits per heavy atom. The first kappa shape index (κ1) is 26.9. The van der Waals surface area contributed by atoms with Gasteiger partial charge >= 0.3 is 11.9 Å². The number of carbonyl (C=O) groups is 3. The molecule has 7 heteroatoms. The van der Waals surface area contributed by atoms with E-state index in [1.54, 1.807) is 70.2 Å². The number of benzene rings is 2. The van der Waals surface area contributed by atoms with Crippen LogP contribution in [-0.4, -0.2) is 41.1 Å². The summed E-state index contributed by atoms with van der Waals surface area (Å²) in [6, 6.07) is 13.9.